The number of aromatic amines is 1. The highest BCUT2D eigenvalue weighted by Gasteiger charge is 2.24. The highest BCUT2D eigenvalue weighted by atomic mass is 16.3. The first kappa shape index (κ1) is 18.6. The molecule has 0 spiro atoms. The van der Waals surface area contributed by atoms with Crippen LogP contribution in [0.3, 0.4) is 0 Å². The molecule has 0 aliphatic heterocycles. The maximum absolute atomic E-state index is 12.7. The molecule has 1 unspecified atom stereocenters. The molecule has 0 bridgehead atoms. The summed E-state index contributed by atoms with van der Waals surface area (Å²) in [5, 5.41) is 7.73. The van der Waals surface area contributed by atoms with Crippen molar-refractivity contribution in [2.24, 2.45) is 0 Å². The lowest BCUT2D eigenvalue weighted by Gasteiger charge is -2.23. The molecule has 3 heterocycles. The molecule has 1 aromatic carbocycles. The summed E-state index contributed by atoms with van der Waals surface area (Å²) >= 11 is 0. The van der Waals surface area contributed by atoms with Crippen molar-refractivity contribution in [1.29, 1.82) is 0 Å². The number of hydrogen-bond donors (Lipinski definition) is 3. The second-order valence-corrected chi connectivity index (χ2v) is 7.73. The molecular weight excluding hydrogens is 376 g/mol. The Morgan fingerprint density at radius 3 is 3.00 bits per heavy atom. The van der Waals surface area contributed by atoms with E-state index in [1.54, 1.807) is 18.7 Å². The molecule has 0 radical (unpaired) electrons. The number of hydrogen-bond acceptors (Lipinski definition) is 4. The quantitative estimate of drug-likeness (QED) is 0.452. The Bertz CT molecular complexity index is 1150. The average Bonchev–Trinajstić information content (AvgIpc) is 3.44. The van der Waals surface area contributed by atoms with Gasteiger partial charge in [-0.2, -0.15) is 0 Å². The Morgan fingerprint density at radius 2 is 2.17 bits per heavy atom. The minimum atomic E-state index is -0.0704. The van der Waals surface area contributed by atoms with Crippen molar-refractivity contribution in [1.82, 2.24) is 20.6 Å². The van der Waals surface area contributed by atoms with Crippen molar-refractivity contribution < 1.29 is 9.21 Å². The third kappa shape index (κ3) is 3.74. The fourth-order valence-electron chi connectivity index (χ4n) is 4.23. The first-order valence-electron chi connectivity index (χ1n) is 10.4. The first-order chi connectivity index (χ1) is 14.8. The number of H-pyrrole nitrogens is 1. The third-order valence-electron chi connectivity index (χ3n) is 5.75. The fraction of sp³-hybridized carbons (Fsp3) is 0.250. The number of carbonyl (C=O) groups is 1. The molecule has 6 heteroatoms. The number of aromatic nitrogens is 2. The molecule has 1 amide bonds. The predicted octanol–water partition coefficient (Wildman–Crippen LogP) is 4.25. The van der Waals surface area contributed by atoms with E-state index in [9.17, 15) is 4.79 Å². The topological polar surface area (TPSA) is 83.0 Å². The number of carbonyl (C=O) groups excluding carboxylic acids is 1. The van der Waals surface area contributed by atoms with Crippen molar-refractivity contribution in [2.75, 3.05) is 0 Å². The van der Waals surface area contributed by atoms with Crippen LogP contribution in [0.1, 0.15) is 51.8 Å². The molecule has 1 atom stereocenters. The van der Waals surface area contributed by atoms with Crippen LogP contribution < -0.4 is 10.6 Å². The van der Waals surface area contributed by atoms with Crippen LogP contribution in [0.15, 0.2) is 65.5 Å². The summed E-state index contributed by atoms with van der Waals surface area (Å²) in [7, 11) is 0. The van der Waals surface area contributed by atoms with E-state index in [0.29, 0.717) is 18.7 Å². The molecule has 3 N–H and O–H groups in total. The Hall–Kier alpha value is -3.38. The number of rotatable bonds is 6. The standard InChI is InChI=1S/C24H24N4O2/c29-24(27-14-16-4-2-10-25-13-16)17-8-9-21-20(12-17)19-6-1-7-22(23(19)28-21)26-15-18-5-3-11-30-18/h2-5,8-13,22,26,28H,1,6-7,14-15H2,(H,27,29). The van der Waals surface area contributed by atoms with Gasteiger partial charge < -0.3 is 20.0 Å². The highest BCUT2D eigenvalue weighted by molar-refractivity contribution is 5.99. The van der Waals surface area contributed by atoms with Crippen molar-refractivity contribution in [3.05, 3.63) is 89.3 Å². The summed E-state index contributed by atoms with van der Waals surface area (Å²) < 4.78 is 5.45. The SMILES string of the molecule is O=C(NCc1cccnc1)c1ccc2[nH]c3c(c2c1)CCCC3NCc1ccco1. The van der Waals surface area contributed by atoms with Crippen molar-refractivity contribution in [2.45, 2.75) is 38.4 Å². The monoisotopic (exact) mass is 400 g/mol. The van der Waals surface area contributed by atoms with Gasteiger partial charge in [0.25, 0.3) is 5.91 Å². The fourth-order valence-corrected chi connectivity index (χ4v) is 4.23. The Balaban J connectivity index is 1.35. The predicted molar refractivity (Wildman–Crippen MR) is 115 cm³/mol. The van der Waals surface area contributed by atoms with Crippen molar-refractivity contribution in [3.8, 4) is 0 Å². The van der Waals surface area contributed by atoms with Gasteiger partial charge in [0.1, 0.15) is 5.76 Å². The molecular formula is C24H24N4O2. The van der Waals surface area contributed by atoms with Gasteiger partial charge in [0.15, 0.2) is 0 Å². The Labute approximate surface area is 174 Å². The van der Waals surface area contributed by atoms with E-state index < -0.39 is 0 Å². The van der Waals surface area contributed by atoms with Gasteiger partial charge in [0.2, 0.25) is 0 Å². The van der Waals surface area contributed by atoms with Gasteiger partial charge in [-0.15, -0.1) is 0 Å². The van der Waals surface area contributed by atoms with E-state index in [1.165, 1.54) is 11.3 Å². The maximum Gasteiger partial charge on any atom is 0.251 e. The Morgan fingerprint density at radius 1 is 1.20 bits per heavy atom. The van der Waals surface area contributed by atoms with E-state index >= 15 is 0 Å². The van der Waals surface area contributed by atoms with Gasteiger partial charge in [-0.25, -0.2) is 0 Å². The summed E-state index contributed by atoms with van der Waals surface area (Å²) in [6.07, 6.45) is 8.42. The van der Waals surface area contributed by atoms with Crippen LogP contribution in [0, 0.1) is 0 Å². The van der Waals surface area contributed by atoms with Gasteiger partial charge >= 0.3 is 0 Å². The molecule has 5 rings (SSSR count). The van der Waals surface area contributed by atoms with Crippen LogP contribution in [0.2, 0.25) is 0 Å². The lowest BCUT2D eigenvalue weighted by atomic mass is 9.91. The largest absolute Gasteiger partial charge is 0.468 e. The van der Waals surface area contributed by atoms with Crippen LogP contribution in [-0.4, -0.2) is 15.9 Å². The normalized spacial score (nSPS) is 15.8. The number of amides is 1. The molecule has 30 heavy (non-hydrogen) atoms. The average molecular weight is 400 g/mol. The van der Waals surface area contributed by atoms with E-state index in [1.807, 2.05) is 42.5 Å². The Kier molecular flexibility index (Phi) is 5.07. The molecule has 1 aliphatic rings. The molecule has 0 saturated heterocycles. The van der Waals surface area contributed by atoms with Gasteiger partial charge in [0.05, 0.1) is 12.8 Å². The van der Waals surface area contributed by atoms with Crippen LogP contribution in [0.25, 0.3) is 10.9 Å². The number of benzene rings is 1. The zero-order valence-electron chi connectivity index (χ0n) is 16.7. The molecule has 3 aromatic heterocycles. The van der Waals surface area contributed by atoms with Crippen LogP contribution in [0.5, 0.6) is 0 Å². The number of pyridine rings is 1. The van der Waals surface area contributed by atoms with Gasteiger partial charge in [-0.05, 0) is 66.8 Å². The number of nitrogens with one attached hydrogen (secondary N) is 3. The third-order valence-corrected chi connectivity index (χ3v) is 5.75. The summed E-state index contributed by atoms with van der Waals surface area (Å²) in [6, 6.07) is 13.9. The minimum Gasteiger partial charge on any atom is -0.468 e. The van der Waals surface area contributed by atoms with Gasteiger partial charge in [-0.3, -0.25) is 9.78 Å². The molecule has 0 fully saturated rings. The highest BCUT2D eigenvalue weighted by Crippen LogP contribution is 2.35. The molecule has 6 nitrogen and oxygen atoms in total. The maximum atomic E-state index is 12.7. The van der Waals surface area contributed by atoms with Crippen LogP contribution >= 0.6 is 0 Å². The summed E-state index contributed by atoms with van der Waals surface area (Å²) in [5.41, 5.74) is 5.29. The number of aryl methyl sites for hydroxylation is 1. The molecule has 4 aromatic rings. The van der Waals surface area contributed by atoms with Gasteiger partial charge in [0, 0.05) is 47.1 Å². The van der Waals surface area contributed by atoms with E-state index in [-0.39, 0.29) is 11.9 Å². The second-order valence-electron chi connectivity index (χ2n) is 7.73. The molecule has 0 saturated carbocycles. The smallest absolute Gasteiger partial charge is 0.251 e. The lowest BCUT2D eigenvalue weighted by Crippen LogP contribution is -2.24. The van der Waals surface area contributed by atoms with Crippen molar-refractivity contribution in [3.63, 3.8) is 0 Å². The van der Waals surface area contributed by atoms with Gasteiger partial charge in [-0.1, -0.05) is 6.07 Å². The molecule has 152 valence electrons. The van der Waals surface area contributed by atoms with E-state index in [0.717, 1.165) is 41.5 Å². The lowest BCUT2D eigenvalue weighted by molar-refractivity contribution is 0.0951. The zero-order chi connectivity index (χ0) is 20.3. The zero-order valence-corrected chi connectivity index (χ0v) is 16.7. The van der Waals surface area contributed by atoms with Crippen molar-refractivity contribution >= 4 is 16.8 Å². The number of furan rings is 1. The number of fused-ring (bicyclic) bond motifs is 3. The van der Waals surface area contributed by atoms with E-state index in [4.69, 9.17) is 4.42 Å². The first-order valence-corrected chi connectivity index (χ1v) is 10.4. The second kappa shape index (κ2) is 8.16. The van der Waals surface area contributed by atoms with Crippen LogP contribution in [0.4, 0.5) is 0 Å². The summed E-state index contributed by atoms with van der Waals surface area (Å²) in [4.78, 5) is 20.4. The summed E-state index contributed by atoms with van der Waals surface area (Å²) in [5.74, 6) is 0.866. The van der Waals surface area contributed by atoms with E-state index in [2.05, 4.69) is 20.6 Å². The van der Waals surface area contributed by atoms with Crippen LogP contribution in [-0.2, 0) is 19.5 Å². The summed E-state index contributed by atoms with van der Waals surface area (Å²) in [6.45, 7) is 1.17. The number of nitrogens with zero attached hydrogens (tertiary/aromatic N) is 1. The minimum absolute atomic E-state index is 0.0704. The molecule has 1 aliphatic carbocycles.